The molecule has 0 radical (unpaired) electrons. The van der Waals surface area contributed by atoms with Crippen molar-refractivity contribution in [2.75, 3.05) is 24.5 Å². The van der Waals surface area contributed by atoms with Crippen molar-refractivity contribution in [3.05, 3.63) is 22.7 Å². The normalized spacial score (nSPS) is 16.3. The van der Waals surface area contributed by atoms with Crippen LogP contribution in [0.25, 0.3) is 10.2 Å². The van der Waals surface area contributed by atoms with E-state index in [-0.39, 0.29) is 5.91 Å². The third-order valence-electron chi connectivity index (χ3n) is 2.65. The number of nitrogens with one attached hydrogen (secondary N) is 1. The van der Waals surface area contributed by atoms with Crippen molar-refractivity contribution in [1.29, 1.82) is 0 Å². The van der Waals surface area contributed by atoms with Crippen LogP contribution in [0, 0.1) is 0 Å². The highest BCUT2D eigenvalue weighted by molar-refractivity contribution is 9.10. The highest BCUT2D eigenvalue weighted by Gasteiger charge is 2.19. The van der Waals surface area contributed by atoms with Gasteiger partial charge in [0.2, 0.25) is 5.91 Å². The van der Waals surface area contributed by atoms with Crippen LogP contribution in [0.5, 0.6) is 0 Å². The molecule has 1 saturated heterocycles. The number of fused-ring (bicyclic) bond motifs is 1. The quantitative estimate of drug-likeness (QED) is 0.876. The molecular weight excluding hydrogens is 302 g/mol. The Morgan fingerprint density at radius 1 is 1.47 bits per heavy atom. The Morgan fingerprint density at radius 3 is 3.18 bits per heavy atom. The van der Waals surface area contributed by atoms with Crippen molar-refractivity contribution in [2.24, 2.45) is 0 Å². The summed E-state index contributed by atoms with van der Waals surface area (Å²) in [5.74, 6) is 0.0664. The lowest BCUT2D eigenvalue weighted by atomic mass is 10.3. The highest BCUT2D eigenvalue weighted by Crippen LogP contribution is 2.30. The highest BCUT2D eigenvalue weighted by atomic mass is 79.9. The number of hydrogen-bond acceptors (Lipinski definition) is 4. The maximum atomic E-state index is 11.3. The molecule has 1 aliphatic heterocycles. The molecule has 3 rings (SSSR count). The Labute approximate surface area is 111 Å². The van der Waals surface area contributed by atoms with E-state index in [0.29, 0.717) is 13.1 Å². The molecule has 0 spiro atoms. The third kappa shape index (κ3) is 2.14. The van der Waals surface area contributed by atoms with E-state index in [4.69, 9.17) is 0 Å². The van der Waals surface area contributed by atoms with Gasteiger partial charge in [0.05, 0.1) is 16.8 Å². The fourth-order valence-electron chi connectivity index (χ4n) is 1.82. The Bertz CT molecular complexity index is 583. The van der Waals surface area contributed by atoms with Crippen molar-refractivity contribution < 1.29 is 4.79 Å². The van der Waals surface area contributed by atoms with Gasteiger partial charge in [-0.25, -0.2) is 4.98 Å². The first-order valence-corrected chi connectivity index (χ1v) is 6.91. The summed E-state index contributed by atoms with van der Waals surface area (Å²) in [4.78, 5) is 17.9. The number of aromatic nitrogens is 1. The minimum absolute atomic E-state index is 0.0664. The summed E-state index contributed by atoms with van der Waals surface area (Å²) in [6.07, 6.45) is 0. The molecule has 88 valence electrons. The number of nitrogens with zero attached hydrogens (tertiary/aromatic N) is 2. The summed E-state index contributed by atoms with van der Waals surface area (Å²) in [5.41, 5.74) is 0.985. The molecular formula is C11H10BrN3OS. The van der Waals surface area contributed by atoms with Gasteiger partial charge in [-0.1, -0.05) is 27.3 Å². The maximum Gasteiger partial charge on any atom is 0.239 e. The fraction of sp³-hybridized carbons (Fsp3) is 0.273. The van der Waals surface area contributed by atoms with Crippen LogP contribution in [0.4, 0.5) is 5.13 Å². The smallest absolute Gasteiger partial charge is 0.239 e. The number of piperazine rings is 1. The lowest BCUT2D eigenvalue weighted by molar-refractivity contribution is -0.120. The number of anilines is 1. The summed E-state index contributed by atoms with van der Waals surface area (Å²) >= 11 is 5.07. The van der Waals surface area contributed by atoms with E-state index < -0.39 is 0 Å². The number of benzene rings is 1. The van der Waals surface area contributed by atoms with E-state index in [1.807, 2.05) is 17.0 Å². The second kappa shape index (κ2) is 4.27. The predicted molar refractivity (Wildman–Crippen MR) is 72.5 cm³/mol. The molecule has 1 N–H and O–H groups in total. The lowest BCUT2D eigenvalue weighted by Gasteiger charge is -2.25. The monoisotopic (exact) mass is 311 g/mol. The molecule has 1 amide bonds. The summed E-state index contributed by atoms with van der Waals surface area (Å²) < 4.78 is 2.19. The fourth-order valence-corrected chi connectivity index (χ4v) is 3.37. The SMILES string of the molecule is O=C1CN(c2nc3ccc(Br)cc3s2)CCN1. The molecule has 4 nitrogen and oxygen atoms in total. The number of hydrogen-bond donors (Lipinski definition) is 1. The molecule has 0 atom stereocenters. The van der Waals surface area contributed by atoms with Gasteiger partial charge >= 0.3 is 0 Å². The molecule has 0 unspecified atom stereocenters. The lowest BCUT2D eigenvalue weighted by Crippen LogP contribution is -2.47. The van der Waals surface area contributed by atoms with Crippen molar-refractivity contribution in [2.45, 2.75) is 0 Å². The second-order valence-corrected chi connectivity index (χ2v) is 5.80. The van der Waals surface area contributed by atoms with Crippen LogP contribution in [-0.2, 0) is 4.79 Å². The molecule has 17 heavy (non-hydrogen) atoms. The van der Waals surface area contributed by atoms with E-state index in [2.05, 4.69) is 32.3 Å². The van der Waals surface area contributed by atoms with Crippen LogP contribution >= 0.6 is 27.3 Å². The number of thiazole rings is 1. The summed E-state index contributed by atoms with van der Waals surface area (Å²) in [5, 5.41) is 3.74. The van der Waals surface area contributed by atoms with E-state index in [1.165, 1.54) is 0 Å². The molecule has 0 saturated carbocycles. The topological polar surface area (TPSA) is 45.2 Å². The van der Waals surface area contributed by atoms with Gasteiger partial charge in [0.15, 0.2) is 5.13 Å². The van der Waals surface area contributed by atoms with Gasteiger partial charge in [-0.3, -0.25) is 4.79 Å². The van der Waals surface area contributed by atoms with E-state index >= 15 is 0 Å². The molecule has 2 heterocycles. The van der Waals surface area contributed by atoms with E-state index in [9.17, 15) is 4.79 Å². The van der Waals surface area contributed by atoms with Crippen LogP contribution in [0.15, 0.2) is 22.7 Å². The molecule has 0 aliphatic carbocycles. The standard InChI is InChI=1S/C11H10BrN3OS/c12-7-1-2-8-9(5-7)17-11(14-8)15-4-3-13-10(16)6-15/h1-2,5H,3-4,6H2,(H,13,16). The van der Waals surface area contributed by atoms with Crippen molar-refractivity contribution in [3.8, 4) is 0 Å². The zero-order valence-electron chi connectivity index (χ0n) is 8.94. The van der Waals surface area contributed by atoms with E-state index in [0.717, 1.165) is 26.4 Å². The van der Waals surface area contributed by atoms with Crippen LogP contribution in [0.1, 0.15) is 0 Å². The van der Waals surface area contributed by atoms with Crippen molar-refractivity contribution in [3.63, 3.8) is 0 Å². The first-order chi connectivity index (χ1) is 8.22. The summed E-state index contributed by atoms with van der Waals surface area (Å²) in [7, 11) is 0. The van der Waals surface area contributed by atoms with Gasteiger partial charge in [0, 0.05) is 17.6 Å². The third-order valence-corrected chi connectivity index (χ3v) is 4.22. The van der Waals surface area contributed by atoms with Crippen LogP contribution in [0.2, 0.25) is 0 Å². The number of halogens is 1. The predicted octanol–water partition coefficient (Wildman–Crippen LogP) is 1.99. The molecule has 0 bridgehead atoms. The number of carbonyl (C=O) groups is 1. The second-order valence-electron chi connectivity index (χ2n) is 3.88. The summed E-state index contributed by atoms with van der Waals surface area (Å²) in [6.45, 7) is 1.92. The number of amides is 1. The first kappa shape index (κ1) is 11.0. The van der Waals surface area contributed by atoms with Gasteiger partial charge in [-0.15, -0.1) is 0 Å². The summed E-state index contributed by atoms with van der Waals surface area (Å²) in [6, 6.07) is 6.03. The van der Waals surface area contributed by atoms with E-state index in [1.54, 1.807) is 11.3 Å². The zero-order valence-corrected chi connectivity index (χ0v) is 11.3. The molecule has 1 aromatic carbocycles. The van der Waals surface area contributed by atoms with Gasteiger partial charge in [0.1, 0.15) is 0 Å². The van der Waals surface area contributed by atoms with Crippen molar-refractivity contribution in [1.82, 2.24) is 10.3 Å². The minimum atomic E-state index is 0.0664. The molecule has 6 heteroatoms. The molecule has 1 aliphatic rings. The Morgan fingerprint density at radius 2 is 2.35 bits per heavy atom. The Kier molecular flexibility index (Phi) is 2.76. The molecule has 1 fully saturated rings. The average molecular weight is 312 g/mol. The minimum Gasteiger partial charge on any atom is -0.353 e. The van der Waals surface area contributed by atoms with Gasteiger partial charge < -0.3 is 10.2 Å². The van der Waals surface area contributed by atoms with Gasteiger partial charge in [-0.05, 0) is 18.2 Å². The van der Waals surface area contributed by atoms with Gasteiger partial charge in [0.25, 0.3) is 0 Å². The van der Waals surface area contributed by atoms with Crippen molar-refractivity contribution >= 4 is 48.5 Å². The van der Waals surface area contributed by atoms with Crippen LogP contribution in [0.3, 0.4) is 0 Å². The van der Waals surface area contributed by atoms with Crippen LogP contribution < -0.4 is 10.2 Å². The first-order valence-electron chi connectivity index (χ1n) is 5.30. The molecule has 1 aromatic heterocycles. The number of carbonyl (C=O) groups excluding carboxylic acids is 1. The Balaban J connectivity index is 1.97. The van der Waals surface area contributed by atoms with Gasteiger partial charge in [-0.2, -0.15) is 0 Å². The molecule has 2 aromatic rings. The Hall–Kier alpha value is -1.14. The van der Waals surface area contributed by atoms with Crippen LogP contribution in [-0.4, -0.2) is 30.5 Å². The largest absolute Gasteiger partial charge is 0.353 e. The number of rotatable bonds is 1. The maximum absolute atomic E-state index is 11.3. The zero-order chi connectivity index (χ0) is 11.8. The average Bonchev–Trinajstić information content (AvgIpc) is 2.72.